The molecule has 2 N–H and O–H groups in total. The van der Waals surface area contributed by atoms with Crippen molar-refractivity contribution >= 4 is 23.2 Å². The van der Waals surface area contributed by atoms with E-state index in [9.17, 15) is 14.7 Å². The zero-order valence-electron chi connectivity index (χ0n) is 12.2. The minimum absolute atomic E-state index is 0.0791. The molecule has 0 aliphatic carbocycles. The van der Waals surface area contributed by atoms with E-state index in [2.05, 4.69) is 5.32 Å². The molecule has 1 aromatic carbocycles. The van der Waals surface area contributed by atoms with E-state index in [1.54, 1.807) is 37.3 Å². The quantitative estimate of drug-likeness (QED) is 0.910. The number of aryl methyl sites for hydroxylation is 3. The number of carboxylic acids is 1. The number of carbonyl (C=O) groups excluding carboxylic acids is 1. The highest BCUT2D eigenvalue weighted by Crippen LogP contribution is 2.20. The van der Waals surface area contributed by atoms with E-state index >= 15 is 0 Å². The number of thiophene rings is 1. The molecule has 2 rings (SSSR count). The van der Waals surface area contributed by atoms with Gasteiger partial charge in [0.15, 0.2) is 0 Å². The zero-order valence-corrected chi connectivity index (χ0v) is 13.0. The lowest BCUT2D eigenvalue weighted by Gasteiger charge is -2.12. The number of carbonyl (C=O) groups is 2. The summed E-state index contributed by atoms with van der Waals surface area (Å²) in [5.74, 6) is -1.42. The van der Waals surface area contributed by atoms with Gasteiger partial charge < -0.3 is 10.4 Å². The van der Waals surface area contributed by atoms with Crippen molar-refractivity contribution in [3.63, 3.8) is 0 Å². The Hall–Kier alpha value is -2.14. The summed E-state index contributed by atoms with van der Waals surface area (Å²) in [6.45, 7) is 5.84. The Balaban J connectivity index is 2.29. The molecule has 1 heterocycles. The van der Waals surface area contributed by atoms with Crippen LogP contribution in [0.15, 0.2) is 23.6 Å². The maximum atomic E-state index is 12.4. The van der Waals surface area contributed by atoms with Gasteiger partial charge in [0.1, 0.15) is 0 Å². The first kappa shape index (κ1) is 15.3. The Morgan fingerprint density at radius 2 is 1.67 bits per heavy atom. The molecule has 1 aromatic heterocycles. The summed E-state index contributed by atoms with van der Waals surface area (Å²) in [4.78, 5) is 24.9. The van der Waals surface area contributed by atoms with Crippen molar-refractivity contribution in [1.29, 1.82) is 0 Å². The number of hydrogen-bond donors (Lipinski definition) is 2. The van der Waals surface area contributed by atoms with Crippen LogP contribution in [-0.2, 0) is 6.54 Å². The Morgan fingerprint density at radius 3 is 2.19 bits per heavy atom. The summed E-state index contributed by atoms with van der Waals surface area (Å²) in [6.07, 6.45) is 0. The largest absolute Gasteiger partial charge is 0.478 e. The van der Waals surface area contributed by atoms with Gasteiger partial charge in [-0.2, -0.15) is 0 Å². The second-order valence-electron chi connectivity index (χ2n) is 4.96. The highest BCUT2D eigenvalue weighted by Gasteiger charge is 2.21. The van der Waals surface area contributed by atoms with Crippen LogP contribution in [0.2, 0.25) is 0 Å². The Morgan fingerprint density at radius 1 is 1.05 bits per heavy atom. The fourth-order valence-corrected chi connectivity index (χ4v) is 3.06. The lowest BCUT2D eigenvalue weighted by Crippen LogP contribution is -2.26. The Labute approximate surface area is 127 Å². The molecule has 21 heavy (non-hydrogen) atoms. The van der Waals surface area contributed by atoms with Crippen molar-refractivity contribution in [2.45, 2.75) is 27.3 Å². The molecule has 0 bridgehead atoms. The van der Waals surface area contributed by atoms with Gasteiger partial charge in [-0.1, -0.05) is 12.1 Å². The number of aromatic carboxylic acids is 1. The van der Waals surface area contributed by atoms with E-state index in [0.29, 0.717) is 17.7 Å². The third-order valence-corrected chi connectivity index (χ3v) is 4.46. The molecular formula is C16H17NO3S. The molecule has 0 aliphatic rings. The van der Waals surface area contributed by atoms with Crippen LogP contribution in [0, 0.1) is 20.8 Å². The van der Waals surface area contributed by atoms with Crippen LogP contribution in [0.4, 0.5) is 0 Å². The zero-order chi connectivity index (χ0) is 15.6. The fraction of sp³-hybridized carbons (Fsp3) is 0.250. The standard InChI is InChI=1S/C16H17NO3S/c1-9-6-7-21-12(9)8-17-15(18)13-10(2)4-5-11(3)14(13)16(19)20/h4-7H,8H2,1-3H3,(H,17,18)(H,19,20). The van der Waals surface area contributed by atoms with Crippen LogP contribution < -0.4 is 5.32 Å². The first-order valence-corrected chi connectivity index (χ1v) is 7.44. The summed E-state index contributed by atoms with van der Waals surface area (Å²) >= 11 is 1.57. The molecule has 110 valence electrons. The molecule has 0 fully saturated rings. The van der Waals surface area contributed by atoms with Gasteiger partial charge in [-0.05, 0) is 48.9 Å². The van der Waals surface area contributed by atoms with E-state index in [0.717, 1.165) is 10.4 Å². The van der Waals surface area contributed by atoms with Gasteiger partial charge in [0.05, 0.1) is 17.7 Å². The SMILES string of the molecule is Cc1ccsc1CNC(=O)c1c(C)ccc(C)c1C(=O)O. The van der Waals surface area contributed by atoms with Crippen LogP contribution in [0.5, 0.6) is 0 Å². The third-order valence-electron chi connectivity index (χ3n) is 3.44. The average molecular weight is 303 g/mol. The lowest BCUT2D eigenvalue weighted by atomic mass is 9.96. The van der Waals surface area contributed by atoms with E-state index in [1.165, 1.54) is 0 Å². The Kier molecular flexibility index (Phi) is 4.43. The minimum atomic E-state index is -1.08. The molecule has 0 atom stereocenters. The second kappa shape index (κ2) is 6.10. The molecule has 0 unspecified atom stereocenters. The van der Waals surface area contributed by atoms with Gasteiger partial charge in [-0.25, -0.2) is 4.79 Å². The summed E-state index contributed by atoms with van der Waals surface area (Å²) in [7, 11) is 0. The van der Waals surface area contributed by atoms with Gasteiger partial charge >= 0.3 is 5.97 Å². The van der Waals surface area contributed by atoms with Crippen LogP contribution in [0.25, 0.3) is 0 Å². The average Bonchev–Trinajstić information content (AvgIpc) is 2.83. The van der Waals surface area contributed by atoms with Crippen LogP contribution in [0.3, 0.4) is 0 Å². The molecule has 5 heteroatoms. The van der Waals surface area contributed by atoms with Gasteiger partial charge in [-0.15, -0.1) is 11.3 Å². The van der Waals surface area contributed by atoms with E-state index in [-0.39, 0.29) is 17.0 Å². The number of benzene rings is 1. The van der Waals surface area contributed by atoms with E-state index in [4.69, 9.17) is 0 Å². The molecule has 4 nitrogen and oxygen atoms in total. The minimum Gasteiger partial charge on any atom is -0.478 e. The Bertz CT molecular complexity index is 704. The first-order valence-electron chi connectivity index (χ1n) is 6.56. The highest BCUT2D eigenvalue weighted by atomic mass is 32.1. The molecule has 1 amide bonds. The monoisotopic (exact) mass is 303 g/mol. The lowest BCUT2D eigenvalue weighted by molar-refractivity contribution is 0.0690. The topological polar surface area (TPSA) is 66.4 Å². The normalized spacial score (nSPS) is 10.4. The summed E-state index contributed by atoms with van der Waals surface area (Å²) in [5, 5.41) is 14.1. The highest BCUT2D eigenvalue weighted by molar-refractivity contribution is 7.10. The number of amides is 1. The fourth-order valence-electron chi connectivity index (χ4n) is 2.21. The summed E-state index contributed by atoms with van der Waals surface area (Å²) < 4.78 is 0. The number of hydrogen-bond acceptors (Lipinski definition) is 3. The van der Waals surface area contributed by atoms with Crippen LogP contribution >= 0.6 is 11.3 Å². The van der Waals surface area contributed by atoms with Gasteiger partial charge in [0.2, 0.25) is 0 Å². The van der Waals surface area contributed by atoms with E-state index in [1.807, 2.05) is 18.4 Å². The second-order valence-corrected chi connectivity index (χ2v) is 5.96. The van der Waals surface area contributed by atoms with Crippen LogP contribution in [0.1, 0.15) is 42.3 Å². The molecule has 0 radical (unpaired) electrons. The molecule has 0 aliphatic heterocycles. The molecule has 2 aromatic rings. The van der Waals surface area contributed by atoms with Gasteiger partial charge in [-0.3, -0.25) is 4.79 Å². The maximum absolute atomic E-state index is 12.4. The van der Waals surface area contributed by atoms with Gasteiger partial charge in [0, 0.05) is 4.88 Å². The summed E-state index contributed by atoms with van der Waals surface area (Å²) in [5.41, 5.74) is 2.70. The number of carboxylic acid groups (broad SMARTS) is 1. The predicted molar refractivity (Wildman–Crippen MR) is 83.1 cm³/mol. The first-order chi connectivity index (χ1) is 9.91. The maximum Gasteiger partial charge on any atom is 0.336 e. The smallest absolute Gasteiger partial charge is 0.336 e. The summed E-state index contributed by atoms with van der Waals surface area (Å²) in [6, 6.07) is 5.48. The molecular weight excluding hydrogens is 286 g/mol. The van der Waals surface area contributed by atoms with Crippen molar-refractivity contribution < 1.29 is 14.7 Å². The molecule has 0 saturated heterocycles. The van der Waals surface area contributed by atoms with Crippen molar-refractivity contribution in [1.82, 2.24) is 5.32 Å². The number of rotatable bonds is 4. The van der Waals surface area contributed by atoms with E-state index < -0.39 is 5.97 Å². The molecule has 0 saturated carbocycles. The van der Waals surface area contributed by atoms with Crippen molar-refractivity contribution in [2.75, 3.05) is 0 Å². The van der Waals surface area contributed by atoms with Crippen molar-refractivity contribution in [3.05, 3.63) is 56.3 Å². The predicted octanol–water partition coefficient (Wildman–Crippen LogP) is 3.30. The number of nitrogens with one attached hydrogen (secondary N) is 1. The molecule has 0 spiro atoms. The van der Waals surface area contributed by atoms with Crippen LogP contribution in [-0.4, -0.2) is 17.0 Å². The van der Waals surface area contributed by atoms with Crippen molar-refractivity contribution in [2.24, 2.45) is 0 Å². The van der Waals surface area contributed by atoms with Crippen molar-refractivity contribution in [3.8, 4) is 0 Å². The third kappa shape index (κ3) is 3.13. The van der Waals surface area contributed by atoms with Gasteiger partial charge in [0.25, 0.3) is 5.91 Å².